The molecule has 158 valence electrons. The number of oxazole rings is 1. The Morgan fingerprint density at radius 3 is 2.33 bits per heavy atom. The molecule has 0 fully saturated rings. The van der Waals surface area contributed by atoms with Gasteiger partial charge in [-0.25, -0.2) is 13.8 Å². The third kappa shape index (κ3) is 4.38. The summed E-state index contributed by atoms with van der Waals surface area (Å²) in [4.78, 5) is 15.6. The Kier molecular flexibility index (Phi) is 5.98. The number of alkyl halides is 3. The molecule has 10 heteroatoms. The Bertz CT molecular complexity index is 1090. The number of ether oxygens (including phenoxy) is 1. The van der Waals surface area contributed by atoms with E-state index in [0.717, 1.165) is 31.2 Å². The molecule has 1 heterocycles. The zero-order valence-corrected chi connectivity index (χ0v) is 17.1. The van der Waals surface area contributed by atoms with Gasteiger partial charge in [-0.05, 0) is 54.0 Å². The van der Waals surface area contributed by atoms with E-state index in [0.29, 0.717) is 5.56 Å². The van der Waals surface area contributed by atoms with E-state index < -0.39 is 40.8 Å². The highest BCUT2D eigenvalue weighted by Crippen LogP contribution is 2.35. The first-order valence-electron chi connectivity index (χ1n) is 8.48. The standard InChI is InChI=1S/C20H13BrF5NO3/c1-9(28)15-13(22)7-8-14(16(15)23)29-10(2)19-27-17(18(21)30-19)11-3-5-12(6-4-11)20(24,25)26/h3-8,10H,1-2H3. The van der Waals surface area contributed by atoms with Crippen LogP contribution in [0.3, 0.4) is 0 Å². The van der Waals surface area contributed by atoms with Gasteiger partial charge in [-0.3, -0.25) is 4.79 Å². The zero-order chi connectivity index (χ0) is 22.2. The summed E-state index contributed by atoms with van der Waals surface area (Å²) in [6.45, 7) is 2.50. The number of carbonyl (C=O) groups is 1. The summed E-state index contributed by atoms with van der Waals surface area (Å²) in [7, 11) is 0. The summed E-state index contributed by atoms with van der Waals surface area (Å²) < 4.78 is 77.2. The van der Waals surface area contributed by atoms with Gasteiger partial charge in [-0.1, -0.05) is 12.1 Å². The van der Waals surface area contributed by atoms with Crippen molar-refractivity contribution >= 4 is 21.7 Å². The number of Topliss-reactive ketones (excluding diaryl/α,β-unsaturated/α-hetero) is 1. The van der Waals surface area contributed by atoms with Gasteiger partial charge in [0, 0.05) is 5.56 Å². The van der Waals surface area contributed by atoms with Crippen molar-refractivity contribution in [3.05, 3.63) is 69.7 Å². The van der Waals surface area contributed by atoms with E-state index in [1.54, 1.807) is 0 Å². The summed E-state index contributed by atoms with van der Waals surface area (Å²) >= 11 is 3.15. The van der Waals surface area contributed by atoms with Gasteiger partial charge in [0.15, 0.2) is 28.1 Å². The molecule has 3 aromatic rings. The van der Waals surface area contributed by atoms with Gasteiger partial charge < -0.3 is 9.15 Å². The highest BCUT2D eigenvalue weighted by Gasteiger charge is 2.30. The minimum Gasteiger partial charge on any atom is -0.478 e. The number of hydrogen-bond acceptors (Lipinski definition) is 4. The lowest BCUT2D eigenvalue weighted by Gasteiger charge is -2.13. The Hall–Kier alpha value is -2.75. The quantitative estimate of drug-likeness (QED) is 0.294. The van der Waals surface area contributed by atoms with Crippen molar-refractivity contribution in [2.24, 2.45) is 0 Å². The average molecular weight is 490 g/mol. The molecular weight excluding hydrogens is 477 g/mol. The summed E-state index contributed by atoms with van der Waals surface area (Å²) in [5, 5.41) is 0. The first kappa shape index (κ1) is 21.9. The molecule has 30 heavy (non-hydrogen) atoms. The molecule has 3 rings (SSSR count). The van der Waals surface area contributed by atoms with Gasteiger partial charge in [0.05, 0.1) is 11.1 Å². The number of ketones is 1. The van der Waals surface area contributed by atoms with Gasteiger partial charge in [0.25, 0.3) is 0 Å². The summed E-state index contributed by atoms with van der Waals surface area (Å²) in [6, 6.07) is 6.23. The van der Waals surface area contributed by atoms with Gasteiger partial charge in [0.2, 0.25) is 5.89 Å². The van der Waals surface area contributed by atoms with Gasteiger partial charge in [0.1, 0.15) is 11.5 Å². The predicted octanol–water partition coefficient (Wildman–Crippen LogP) is 6.74. The SMILES string of the molecule is CC(=O)c1c(F)ccc(OC(C)c2nc(-c3ccc(C(F)(F)F)cc3)c(Br)o2)c1F. The van der Waals surface area contributed by atoms with Crippen molar-refractivity contribution in [2.45, 2.75) is 26.1 Å². The maximum Gasteiger partial charge on any atom is 0.416 e. The molecule has 0 saturated heterocycles. The molecule has 1 unspecified atom stereocenters. The van der Waals surface area contributed by atoms with Gasteiger partial charge in [-0.15, -0.1) is 0 Å². The fraction of sp³-hybridized carbons (Fsp3) is 0.200. The minimum atomic E-state index is -4.47. The molecule has 0 N–H and O–H groups in total. The fourth-order valence-corrected chi connectivity index (χ4v) is 3.16. The van der Waals surface area contributed by atoms with Crippen LogP contribution in [0.5, 0.6) is 5.75 Å². The molecule has 1 aromatic heterocycles. The van der Waals surface area contributed by atoms with Crippen LogP contribution in [0, 0.1) is 11.6 Å². The Morgan fingerprint density at radius 1 is 1.13 bits per heavy atom. The van der Waals surface area contributed by atoms with Crippen LogP contribution in [0.1, 0.15) is 41.8 Å². The molecule has 0 spiro atoms. The molecule has 0 radical (unpaired) electrons. The lowest BCUT2D eigenvalue weighted by atomic mass is 10.1. The third-order valence-corrected chi connectivity index (χ3v) is 4.68. The number of carbonyl (C=O) groups excluding carboxylic acids is 1. The van der Waals surface area contributed by atoms with E-state index in [2.05, 4.69) is 20.9 Å². The zero-order valence-electron chi connectivity index (χ0n) is 15.5. The van der Waals surface area contributed by atoms with Crippen LogP contribution in [-0.4, -0.2) is 10.8 Å². The van der Waals surface area contributed by atoms with E-state index >= 15 is 0 Å². The summed E-state index contributed by atoms with van der Waals surface area (Å²) in [6.07, 6.45) is -5.42. The van der Waals surface area contributed by atoms with E-state index in [1.165, 1.54) is 19.1 Å². The van der Waals surface area contributed by atoms with E-state index in [4.69, 9.17) is 9.15 Å². The second kappa shape index (κ2) is 8.17. The number of rotatable bonds is 5. The van der Waals surface area contributed by atoms with Crippen molar-refractivity contribution in [1.29, 1.82) is 0 Å². The highest BCUT2D eigenvalue weighted by molar-refractivity contribution is 9.10. The maximum absolute atomic E-state index is 14.4. The van der Waals surface area contributed by atoms with E-state index in [9.17, 15) is 26.7 Å². The number of benzene rings is 2. The molecular formula is C20H13BrF5NO3. The van der Waals surface area contributed by atoms with Crippen LogP contribution in [0.2, 0.25) is 0 Å². The summed E-state index contributed by atoms with van der Waals surface area (Å²) in [5.74, 6) is -3.35. The van der Waals surface area contributed by atoms with Crippen LogP contribution in [0.15, 0.2) is 45.5 Å². The van der Waals surface area contributed by atoms with Crippen LogP contribution in [0.4, 0.5) is 22.0 Å². The van der Waals surface area contributed by atoms with E-state index in [-0.39, 0.29) is 22.0 Å². The first-order chi connectivity index (χ1) is 14.0. The average Bonchev–Trinajstić information content (AvgIpc) is 3.05. The van der Waals surface area contributed by atoms with Crippen molar-refractivity contribution in [3.63, 3.8) is 0 Å². The van der Waals surface area contributed by atoms with Crippen molar-refractivity contribution in [3.8, 4) is 17.0 Å². The maximum atomic E-state index is 14.4. The van der Waals surface area contributed by atoms with Crippen molar-refractivity contribution < 1.29 is 35.9 Å². The second-order valence-corrected chi connectivity index (χ2v) is 7.02. The topological polar surface area (TPSA) is 52.3 Å². The van der Waals surface area contributed by atoms with Crippen molar-refractivity contribution in [2.75, 3.05) is 0 Å². The number of hydrogen-bond donors (Lipinski definition) is 0. The lowest BCUT2D eigenvalue weighted by molar-refractivity contribution is -0.137. The molecule has 0 aliphatic rings. The normalized spacial score (nSPS) is 12.7. The Balaban J connectivity index is 1.87. The summed E-state index contributed by atoms with van der Waals surface area (Å²) in [5.41, 5.74) is -0.961. The fourth-order valence-electron chi connectivity index (χ4n) is 2.67. The number of nitrogens with zero attached hydrogens (tertiary/aromatic N) is 1. The largest absolute Gasteiger partial charge is 0.478 e. The van der Waals surface area contributed by atoms with Crippen LogP contribution in [-0.2, 0) is 6.18 Å². The van der Waals surface area contributed by atoms with Crippen LogP contribution in [0.25, 0.3) is 11.3 Å². The molecule has 0 saturated carbocycles. The third-order valence-electron chi connectivity index (χ3n) is 4.15. The van der Waals surface area contributed by atoms with Gasteiger partial charge in [-0.2, -0.15) is 13.2 Å². The van der Waals surface area contributed by atoms with Crippen LogP contribution < -0.4 is 4.74 Å². The molecule has 0 aliphatic carbocycles. The van der Waals surface area contributed by atoms with E-state index in [1.807, 2.05) is 0 Å². The molecule has 4 nitrogen and oxygen atoms in total. The monoisotopic (exact) mass is 489 g/mol. The van der Waals surface area contributed by atoms with Crippen molar-refractivity contribution in [1.82, 2.24) is 4.98 Å². The Labute approximate surface area is 175 Å². The molecule has 1 atom stereocenters. The predicted molar refractivity (Wildman–Crippen MR) is 100 cm³/mol. The Morgan fingerprint density at radius 2 is 1.77 bits per heavy atom. The lowest BCUT2D eigenvalue weighted by Crippen LogP contribution is -2.08. The van der Waals surface area contributed by atoms with Gasteiger partial charge >= 0.3 is 6.18 Å². The first-order valence-corrected chi connectivity index (χ1v) is 9.27. The highest BCUT2D eigenvalue weighted by atomic mass is 79.9. The minimum absolute atomic E-state index is 0.00938. The smallest absolute Gasteiger partial charge is 0.416 e. The molecule has 0 amide bonds. The second-order valence-electron chi connectivity index (χ2n) is 6.30. The van der Waals surface area contributed by atoms with Crippen LogP contribution >= 0.6 is 15.9 Å². The number of halogens is 6. The molecule has 2 aromatic carbocycles. The molecule has 0 aliphatic heterocycles. The number of aromatic nitrogens is 1. The molecule has 0 bridgehead atoms.